The lowest BCUT2D eigenvalue weighted by Crippen LogP contribution is -2.46. The number of aromatic nitrogens is 4. The van der Waals surface area contributed by atoms with E-state index in [9.17, 15) is 22.4 Å². The van der Waals surface area contributed by atoms with Crippen molar-refractivity contribution >= 4 is 23.1 Å². The zero-order valence-electron chi connectivity index (χ0n) is 20.4. The molecule has 3 aromatic rings. The number of nitrogens with one attached hydrogen (secondary N) is 2. The van der Waals surface area contributed by atoms with Crippen LogP contribution in [0.2, 0.25) is 0 Å². The van der Waals surface area contributed by atoms with E-state index in [1.54, 1.807) is 12.1 Å². The first-order valence-electron chi connectivity index (χ1n) is 11.8. The number of aryl methyl sites for hydroxylation is 1. The number of anilines is 2. The minimum absolute atomic E-state index is 0.0697. The van der Waals surface area contributed by atoms with E-state index in [4.69, 9.17) is 5.73 Å². The summed E-state index contributed by atoms with van der Waals surface area (Å²) in [5, 5.41) is 14.0. The van der Waals surface area contributed by atoms with Crippen LogP contribution in [0, 0.1) is 11.8 Å². The fourth-order valence-electron chi connectivity index (χ4n) is 4.23. The van der Waals surface area contributed by atoms with Gasteiger partial charge in [0.15, 0.2) is 5.82 Å². The largest absolute Gasteiger partial charge is 0.393 e. The molecule has 9 nitrogen and oxygen atoms in total. The van der Waals surface area contributed by atoms with Gasteiger partial charge in [0.25, 0.3) is 5.91 Å². The molecule has 0 bridgehead atoms. The minimum atomic E-state index is -4.49. The number of pyridine rings is 1. The summed E-state index contributed by atoms with van der Waals surface area (Å²) in [7, 11) is 1.83. The van der Waals surface area contributed by atoms with Gasteiger partial charge in [0.2, 0.25) is 0 Å². The number of fused-ring (bicyclic) bond motifs is 1. The van der Waals surface area contributed by atoms with E-state index in [0.717, 1.165) is 0 Å². The lowest BCUT2D eigenvalue weighted by atomic mass is 10.0. The summed E-state index contributed by atoms with van der Waals surface area (Å²) in [5.41, 5.74) is 5.99. The fraction of sp³-hybridized carbons (Fsp3) is 0.458. The molecule has 198 valence electrons. The summed E-state index contributed by atoms with van der Waals surface area (Å²) in [6.07, 6.45) is -4.82. The average molecular weight is 521 g/mol. The fourth-order valence-corrected chi connectivity index (χ4v) is 4.23. The molecule has 0 aliphatic carbocycles. The molecule has 1 aliphatic rings. The van der Waals surface area contributed by atoms with E-state index >= 15 is 0 Å². The van der Waals surface area contributed by atoms with Crippen LogP contribution in [0.5, 0.6) is 0 Å². The van der Waals surface area contributed by atoms with Gasteiger partial charge in [0.1, 0.15) is 23.2 Å². The first-order valence-corrected chi connectivity index (χ1v) is 11.8. The summed E-state index contributed by atoms with van der Waals surface area (Å²) in [4.78, 5) is 14.2. The number of nitrogens with two attached hydrogens (primary N) is 1. The standard InChI is InChI=1S/C24H28F4N8O/c1-3-35-13-16(22(29)33-35)23(37)30-10-5-6-18-15(12-24(26,27)28)20-7-4-8-21(36(20)32-18)31-19-9-11-34(2)14-17(19)25/h4,7-8,13,17,19,31H,3,9-12,14H2,1-2H3,(H2,29,33)(H,30,37)/t17-,19+/m0/s1. The first-order chi connectivity index (χ1) is 17.6. The van der Waals surface area contributed by atoms with Crippen molar-refractivity contribution in [3.63, 3.8) is 0 Å². The molecule has 4 heterocycles. The number of nitrogens with zero attached hydrogens (tertiary/aromatic N) is 5. The predicted octanol–water partition coefficient (Wildman–Crippen LogP) is 2.47. The van der Waals surface area contributed by atoms with Crippen molar-refractivity contribution in [3.8, 4) is 11.8 Å². The van der Waals surface area contributed by atoms with E-state index in [-0.39, 0.29) is 41.2 Å². The number of rotatable bonds is 6. The van der Waals surface area contributed by atoms with Crippen LogP contribution in [-0.2, 0) is 13.0 Å². The second kappa shape index (κ2) is 10.7. The average Bonchev–Trinajstić information content (AvgIpc) is 3.38. The smallest absolute Gasteiger partial charge is 0.382 e. The molecule has 37 heavy (non-hydrogen) atoms. The maximum Gasteiger partial charge on any atom is 0.393 e. The molecule has 2 atom stereocenters. The van der Waals surface area contributed by atoms with E-state index in [1.807, 2.05) is 18.9 Å². The van der Waals surface area contributed by atoms with E-state index in [2.05, 4.69) is 32.7 Å². The number of halogens is 4. The van der Waals surface area contributed by atoms with Crippen molar-refractivity contribution in [2.45, 2.75) is 44.7 Å². The SMILES string of the molecule is CCn1cc(C(=O)NCC#Cc2nn3c(N[C@@H]4CCN(C)C[C@@H]4F)cccc3c2CC(F)(F)F)c(N)n1. The van der Waals surface area contributed by atoms with Crippen molar-refractivity contribution in [2.24, 2.45) is 0 Å². The van der Waals surface area contributed by atoms with Crippen LogP contribution < -0.4 is 16.4 Å². The number of hydrogen-bond acceptors (Lipinski definition) is 6. The Morgan fingerprint density at radius 1 is 1.30 bits per heavy atom. The number of alkyl halides is 4. The van der Waals surface area contributed by atoms with Gasteiger partial charge in [-0.2, -0.15) is 23.4 Å². The van der Waals surface area contributed by atoms with Crippen molar-refractivity contribution in [2.75, 3.05) is 37.7 Å². The first kappa shape index (κ1) is 26.3. The molecule has 1 saturated heterocycles. The van der Waals surface area contributed by atoms with Crippen molar-refractivity contribution in [3.05, 3.63) is 41.2 Å². The van der Waals surface area contributed by atoms with Crippen LogP contribution in [0.25, 0.3) is 5.52 Å². The van der Waals surface area contributed by atoms with Gasteiger partial charge in [-0.05, 0) is 38.4 Å². The Labute approximate surface area is 211 Å². The molecule has 4 N–H and O–H groups in total. The maximum absolute atomic E-state index is 14.6. The van der Waals surface area contributed by atoms with Crippen LogP contribution in [0.4, 0.5) is 29.2 Å². The maximum atomic E-state index is 14.6. The van der Waals surface area contributed by atoms with Gasteiger partial charge in [0, 0.05) is 31.4 Å². The number of amides is 1. The molecule has 0 unspecified atom stereocenters. The monoisotopic (exact) mass is 520 g/mol. The van der Waals surface area contributed by atoms with Crippen molar-refractivity contribution in [1.29, 1.82) is 0 Å². The zero-order valence-corrected chi connectivity index (χ0v) is 20.4. The molecular formula is C24H28F4N8O. The Bertz CT molecular complexity index is 1340. The number of hydrogen-bond donors (Lipinski definition) is 3. The molecule has 0 radical (unpaired) electrons. The lowest BCUT2D eigenvalue weighted by molar-refractivity contribution is -0.127. The zero-order chi connectivity index (χ0) is 26.7. The van der Waals surface area contributed by atoms with Gasteiger partial charge in [-0.15, -0.1) is 0 Å². The molecule has 0 spiro atoms. The summed E-state index contributed by atoms with van der Waals surface area (Å²) in [6, 6.07) is 4.26. The van der Waals surface area contributed by atoms with Crippen LogP contribution >= 0.6 is 0 Å². The third-order valence-corrected chi connectivity index (χ3v) is 6.12. The highest BCUT2D eigenvalue weighted by atomic mass is 19.4. The molecule has 1 fully saturated rings. The number of nitrogen functional groups attached to an aromatic ring is 1. The van der Waals surface area contributed by atoms with Gasteiger partial charge in [-0.3, -0.25) is 9.48 Å². The van der Waals surface area contributed by atoms with Crippen LogP contribution in [0.3, 0.4) is 0 Å². The Hall–Kier alpha value is -3.79. The summed E-state index contributed by atoms with van der Waals surface area (Å²) in [5.74, 6) is 5.26. The molecule has 0 aromatic carbocycles. The molecule has 1 amide bonds. The normalized spacial score (nSPS) is 18.4. The van der Waals surface area contributed by atoms with Gasteiger partial charge < -0.3 is 21.3 Å². The molecule has 4 rings (SSSR count). The second-order valence-electron chi connectivity index (χ2n) is 8.91. The second-order valence-corrected chi connectivity index (χ2v) is 8.91. The lowest BCUT2D eigenvalue weighted by Gasteiger charge is -2.33. The highest BCUT2D eigenvalue weighted by molar-refractivity contribution is 5.98. The van der Waals surface area contributed by atoms with Gasteiger partial charge in [-0.25, -0.2) is 8.91 Å². The highest BCUT2D eigenvalue weighted by Gasteiger charge is 2.32. The molecular weight excluding hydrogens is 492 g/mol. The van der Waals surface area contributed by atoms with Crippen molar-refractivity contribution < 1.29 is 22.4 Å². The van der Waals surface area contributed by atoms with Crippen LogP contribution in [0.1, 0.15) is 35.0 Å². The van der Waals surface area contributed by atoms with Crippen LogP contribution in [0.15, 0.2) is 24.4 Å². The van der Waals surface area contributed by atoms with Gasteiger partial charge >= 0.3 is 6.18 Å². The summed E-state index contributed by atoms with van der Waals surface area (Å²) < 4.78 is 57.6. The Kier molecular flexibility index (Phi) is 7.58. The molecule has 3 aromatic heterocycles. The van der Waals surface area contributed by atoms with Gasteiger partial charge in [0.05, 0.1) is 24.5 Å². The van der Waals surface area contributed by atoms with E-state index in [0.29, 0.717) is 25.3 Å². The Morgan fingerprint density at radius 2 is 2.08 bits per heavy atom. The van der Waals surface area contributed by atoms with E-state index < -0.39 is 30.7 Å². The van der Waals surface area contributed by atoms with Crippen LogP contribution in [-0.4, -0.2) is 75.3 Å². The molecule has 1 aliphatic heterocycles. The number of piperidine rings is 1. The summed E-state index contributed by atoms with van der Waals surface area (Å²) >= 11 is 0. The van der Waals surface area contributed by atoms with Gasteiger partial charge in [-0.1, -0.05) is 12.0 Å². The van der Waals surface area contributed by atoms with Crippen molar-refractivity contribution in [1.82, 2.24) is 29.6 Å². The minimum Gasteiger partial charge on any atom is -0.382 e. The Morgan fingerprint density at radius 3 is 2.76 bits per heavy atom. The quantitative estimate of drug-likeness (QED) is 0.341. The molecule has 0 saturated carbocycles. The number of likely N-dealkylation sites (tertiary alicyclic amines) is 1. The third kappa shape index (κ3) is 6.14. The molecule has 13 heteroatoms. The third-order valence-electron chi connectivity index (χ3n) is 6.12. The Balaban J connectivity index is 1.58. The van der Waals surface area contributed by atoms with E-state index in [1.165, 1.54) is 21.5 Å². The number of carbonyl (C=O) groups is 1. The summed E-state index contributed by atoms with van der Waals surface area (Å²) in [6.45, 7) is 3.20. The number of carbonyl (C=O) groups excluding carboxylic acids is 1. The predicted molar refractivity (Wildman–Crippen MR) is 131 cm³/mol. The topological polar surface area (TPSA) is 106 Å². The highest BCUT2D eigenvalue weighted by Crippen LogP contribution is 2.28.